The molecule has 1 aromatic rings. The molecule has 0 fully saturated rings. The molecular weight excluding hydrogens is 356 g/mol. The molecule has 0 aliphatic carbocycles. The van der Waals surface area contributed by atoms with Crippen molar-refractivity contribution in [2.45, 2.75) is 52.6 Å². The molecule has 1 atom stereocenters. The molecule has 0 aliphatic rings. The first-order chi connectivity index (χ1) is 12.0. The number of rotatable bonds is 7. The van der Waals surface area contributed by atoms with E-state index in [1.165, 1.54) is 0 Å². The number of hydrogen-bond acceptors (Lipinski definition) is 4. The van der Waals surface area contributed by atoms with Crippen LogP contribution < -0.4 is 10.6 Å². The number of benzene rings is 1. The predicted molar refractivity (Wildman–Crippen MR) is 101 cm³/mol. The quantitative estimate of drug-likeness (QED) is 0.710. The molecule has 0 radical (unpaired) electrons. The van der Waals surface area contributed by atoms with Crippen molar-refractivity contribution in [2.75, 3.05) is 6.61 Å². The molecule has 0 unspecified atom stereocenters. The first-order valence-corrected chi connectivity index (χ1v) is 8.90. The Hall–Kier alpha value is -2.08. The van der Waals surface area contributed by atoms with Crippen molar-refractivity contribution in [3.8, 4) is 0 Å². The van der Waals surface area contributed by atoms with E-state index in [9.17, 15) is 14.4 Å². The van der Waals surface area contributed by atoms with Crippen molar-refractivity contribution in [3.05, 3.63) is 34.9 Å². The zero-order valence-corrected chi connectivity index (χ0v) is 16.6. The number of esters is 1. The van der Waals surface area contributed by atoms with Gasteiger partial charge in [-0.2, -0.15) is 0 Å². The van der Waals surface area contributed by atoms with Crippen molar-refractivity contribution in [2.24, 2.45) is 5.92 Å². The van der Waals surface area contributed by atoms with Gasteiger partial charge in [0.15, 0.2) is 6.61 Å². The lowest BCUT2D eigenvalue weighted by molar-refractivity contribution is -0.151. The van der Waals surface area contributed by atoms with Crippen LogP contribution in [-0.4, -0.2) is 36.0 Å². The number of halogens is 1. The molecule has 0 aromatic heterocycles. The van der Waals surface area contributed by atoms with E-state index in [-0.39, 0.29) is 12.5 Å². The Bertz CT molecular complexity index is 636. The summed E-state index contributed by atoms with van der Waals surface area (Å²) in [5, 5.41) is 5.90. The smallest absolute Gasteiger partial charge is 0.329 e. The molecule has 0 aliphatic heterocycles. The highest BCUT2D eigenvalue weighted by Gasteiger charge is 2.25. The third kappa shape index (κ3) is 8.34. The highest BCUT2D eigenvalue weighted by molar-refractivity contribution is 6.30. The van der Waals surface area contributed by atoms with Gasteiger partial charge in [0.25, 0.3) is 11.8 Å². The van der Waals surface area contributed by atoms with Crippen molar-refractivity contribution in [3.63, 3.8) is 0 Å². The highest BCUT2D eigenvalue weighted by atomic mass is 35.5. The topological polar surface area (TPSA) is 84.5 Å². The zero-order valence-electron chi connectivity index (χ0n) is 15.9. The second-order valence-corrected chi connectivity index (χ2v) is 8.00. The fourth-order valence-electron chi connectivity index (χ4n) is 2.22. The maximum atomic E-state index is 12.3. The van der Waals surface area contributed by atoms with Crippen LogP contribution in [0.15, 0.2) is 24.3 Å². The fourth-order valence-corrected chi connectivity index (χ4v) is 2.35. The van der Waals surface area contributed by atoms with Crippen LogP contribution in [0.25, 0.3) is 0 Å². The fraction of sp³-hybridized carbons (Fsp3) is 0.526. The minimum atomic E-state index is -0.833. The molecule has 0 saturated heterocycles. The van der Waals surface area contributed by atoms with Crippen LogP contribution in [-0.2, 0) is 14.3 Å². The summed E-state index contributed by atoms with van der Waals surface area (Å²) in [5.74, 6) is -1.27. The van der Waals surface area contributed by atoms with Crippen molar-refractivity contribution < 1.29 is 19.1 Å². The third-order valence-corrected chi connectivity index (χ3v) is 3.52. The molecule has 7 heteroatoms. The van der Waals surface area contributed by atoms with Crippen LogP contribution >= 0.6 is 11.6 Å². The normalized spacial score (nSPS) is 12.4. The van der Waals surface area contributed by atoms with Crippen LogP contribution in [0, 0.1) is 5.92 Å². The van der Waals surface area contributed by atoms with Gasteiger partial charge in [0, 0.05) is 16.1 Å². The minimum absolute atomic E-state index is 0.154. The van der Waals surface area contributed by atoms with Crippen molar-refractivity contribution >= 4 is 29.4 Å². The summed E-state index contributed by atoms with van der Waals surface area (Å²) >= 11 is 5.81. The molecule has 0 bridgehead atoms. The monoisotopic (exact) mass is 382 g/mol. The summed E-state index contributed by atoms with van der Waals surface area (Å²) in [6, 6.07) is 5.52. The molecule has 144 valence electrons. The van der Waals surface area contributed by atoms with Gasteiger partial charge in [-0.05, 0) is 57.4 Å². The van der Waals surface area contributed by atoms with E-state index in [0.717, 1.165) is 0 Å². The molecule has 1 aromatic carbocycles. The minimum Gasteiger partial charge on any atom is -0.454 e. The van der Waals surface area contributed by atoms with Crippen molar-refractivity contribution in [1.82, 2.24) is 10.6 Å². The van der Waals surface area contributed by atoms with Crippen LogP contribution in [0.2, 0.25) is 5.02 Å². The summed E-state index contributed by atoms with van der Waals surface area (Å²) in [6.45, 7) is 8.98. The third-order valence-electron chi connectivity index (χ3n) is 3.26. The van der Waals surface area contributed by atoms with E-state index in [2.05, 4.69) is 10.6 Å². The lowest BCUT2D eigenvalue weighted by atomic mass is 10.0. The van der Waals surface area contributed by atoms with Crippen molar-refractivity contribution in [1.29, 1.82) is 0 Å². The van der Waals surface area contributed by atoms with Gasteiger partial charge in [-0.1, -0.05) is 25.4 Å². The van der Waals surface area contributed by atoms with Crippen LogP contribution in [0.4, 0.5) is 0 Å². The van der Waals surface area contributed by atoms with Gasteiger partial charge >= 0.3 is 5.97 Å². The van der Waals surface area contributed by atoms with Gasteiger partial charge in [-0.3, -0.25) is 9.59 Å². The summed E-state index contributed by atoms with van der Waals surface area (Å²) in [5.41, 5.74) is -0.0229. The van der Waals surface area contributed by atoms with Gasteiger partial charge in [0.2, 0.25) is 0 Å². The Morgan fingerprint density at radius 3 is 2.19 bits per heavy atom. The second kappa shape index (κ2) is 9.57. The molecule has 0 saturated carbocycles. The number of carbonyl (C=O) groups is 3. The maximum absolute atomic E-state index is 12.3. The predicted octanol–water partition coefficient (Wildman–Crippen LogP) is 2.94. The summed E-state index contributed by atoms with van der Waals surface area (Å²) in [4.78, 5) is 36.5. The molecule has 2 amide bonds. The summed E-state index contributed by atoms with van der Waals surface area (Å²) < 4.78 is 5.08. The average molecular weight is 383 g/mol. The molecule has 0 heterocycles. The summed E-state index contributed by atoms with van der Waals surface area (Å²) in [7, 11) is 0. The van der Waals surface area contributed by atoms with E-state index in [4.69, 9.17) is 16.3 Å². The van der Waals surface area contributed by atoms with E-state index >= 15 is 0 Å². The Morgan fingerprint density at radius 2 is 1.69 bits per heavy atom. The van der Waals surface area contributed by atoms with Gasteiger partial charge in [-0.15, -0.1) is 0 Å². The lowest BCUT2D eigenvalue weighted by Crippen LogP contribution is -2.46. The Morgan fingerprint density at radius 1 is 1.12 bits per heavy atom. The molecule has 26 heavy (non-hydrogen) atoms. The second-order valence-electron chi connectivity index (χ2n) is 7.57. The SMILES string of the molecule is CC(C)C[C@H](NC(=O)c1ccc(Cl)cc1)C(=O)OCC(=O)NC(C)(C)C. The Labute approximate surface area is 159 Å². The number of nitrogens with one attached hydrogen (secondary N) is 2. The molecule has 0 spiro atoms. The average Bonchev–Trinajstić information content (AvgIpc) is 2.50. The zero-order chi connectivity index (χ0) is 19.9. The van der Waals surface area contributed by atoms with E-state index in [0.29, 0.717) is 17.0 Å². The van der Waals surface area contributed by atoms with Gasteiger partial charge in [-0.25, -0.2) is 4.79 Å². The highest BCUT2D eigenvalue weighted by Crippen LogP contribution is 2.11. The van der Waals surface area contributed by atoms with Gasteiger partial charge < -0.3 is 15.4 Å². The number of ether oxygens (including phenoxy) is 1. The Kier molecular flexibility index (Phi) is 8.08. The largest absolute Gasteiger partial charge is 0.454 e. The standard InChI is InChI=1S/C19H27ClN2O4/c1-12(2)10-15(18(25)26-11-16(23)22-19(3,4)5)21-17(24)13-6-8-14(20)9-7-13/h6-9,12,15H,10-11H2,1-5H3,(H,21,24)(H,22,23)/t15-/m0/s1. The van der Waals surface area contributed by atoms with Gasteiger partial charge in [0.05, 0.1) is 0 Å². The van der Waals surface area contributed by atoms with Crippen LogP contribution in [0.3, 0.4) is 0 Å². The maximum Gasteiger partial charge on any atom is 0.329 e. The molecule has 6 nitrogen and oxygen atoms in total. The number of carbonyl (C=O) groups excluding carboxylic acids is 3. The number of amides is 2. The van der Waals surface area contributed by atoms with Crippen LogP contribution in [0.5, 0.6) is 0 Å². The van der Waals surface area contributed by atoms with E-state index in [1.54, 1.807) is 24.3 Å². The van der Waals surface area contributed by atoms with Gasteiger partial charge in [0.1, 0.15) is 6.04 Å². The van der Waals surface area contributed by atoms with Crippen LogP contribution in [0.1, 0.15) is 51.4 Å². The van der Waals surface area contributed by atoms with E-state index < -0.39 is 29.4 Å². The number of hydrogen-bond donors (Lipinski definition) is 2. The molecule has 2 N–H and O–H groups in total. The Balaban J connectivity index is 2.70. The van der Waals surface area contributed by atoms with E-state index in [1.807, 2.05) is 34.6 Å². The first kappa shape index (κ1) is 22.0. The summed E-state index contributed by atoms with van der Waals surface area (Å²) in [6.07, 6.45) is 0.402. The first-order valence-electron chi connectivity index (χ1n) is 8.52. The lowest BCUT2D eigenvalue weighted by Gasteiger charge is -2.22. The molecular formula is C19H27ClN2O4. The molecule has 1 rings (SSSR count).